The van der Waals surface area contributed by atoms with Crippen molar-refractivity contribution in [3.8, 4) is 0 Å². The van der Waals surface area contributed by atoms with Crippen molar-refractivity contribution < 1.29 is 14.3 Å². The summed E-state index contributed by atoms with van der Waals surface area (Å²) in [6.45, 7) is 9.74. The first-order valence-electron chi connectivity index (χ1n) is 10.2. The Bertz CT molecular complexity index is 675. The monoisotopic (exact) mass is 372 g/mol. The molecular weight excluding hydrogens is 340 g/mol. The summed E-state index contributed by atoms with van der Waals surface area (Å²) >= 11 is 0. The van der Waals surface area contributed by atoms with Gasteiger partial charge in [-0.2, -0.15) is 0 Å². The summed E-state index contributed by atoms with van der Waals surface area (Å²) in [5.41, 5.74) is 2.19. The number of rotatable bonds is 7. The smallest absolute Gasteiger partial charge is 0.240 e. The fourth-order valence-electron chi connectivity index (χ4n) is 3.79. The topological polar surface area (TPSA) is 67.4 Å². The van der Waals surface area contributed by atoms with Gasteiger partial charge in [-0.25, -0.2) is 0 Å². The third kappa shape index (κ3) is 4.18. The number of hydrogen-bond acceptors (Lipinski definition) is 3. The molecule has 1 heterocycles. The summed E-state index contributed by atoms with van der Waals surface area (Å²) in [5, 5.41) is 6.07. The van der Waals surface area contributed by atoms with Gasteiger partial charge in [-0.05, 0) is 48.6 Å². The van der Waals surface area contributed by atoms with Gasteiger partial charge in [0.1, 0.15) is 5.41 Å². The van der Waals surface area contributed by atoms with E-state index in [2.05, 4.69) is 50.5 Å². The van der Waals surface area contributed by atoms with Gasteiger partial charge in [-0.3, -0.25) is 9.59 Å². The lowest BCUT2D eigenvalue weighted by Crippen LogP contribution is -2.42. The van der Waals surface area contributed by atoms with Crippen molar-refractivity contribution in [3.63, 3.8) is 0 Å². The Morgan fingerprint density at radius 1 is 1.11 bits per heavy atom. The van der Waals surface area contributed by atoms with Gasteiger partial charge in [0.2, 0.25) is 11.8 Å². The molecule has 1 aliphatic carbocycles. The van der Waals surface area contributed by atoms with Crippen molar-refractivity contribution in [1.29, 1.82) is 0 Å². The van der Waals surface area contributed by atoms with Gasteiger partial charge in [0.25, 0.3) is 0 Å². The molecule has 0 bridgehead atoms. The third-order valence-corrected chi connectivity index (χ3v) is 5.75. The minimum absolute atomic E-state index is 0.0852. The number of benzene rings is 1. The number of ether oxygens (including phenoxy) is 1. The molecular formula is C22H32N2O3. The fourth-order valence-corrected chi connectivity index (χ4v) is 3.79. The van der Waals surface area contributed by atoms with Crippen LogP contribution in [-0.4, -0.2) is 31.1 Å². The van der Waals surface area contributed by atoms with E-state index >= 15 is 0 Å². The first-order chi connectivity index (χ1) is 12.8. The Labute approximate surface area is 162 Å². The summed E-state index contributed by atoms with van der Waals surface area (Å²) < 4.78 is 5.56. The van der Waals surface area contributed by atoms with Crippen LogP contribution in [0.3, 0.4) is 0 Å². The highest BCUT2D eigenvalue weighted by Crippen LogP contribution is 2.47. The number of carbonyl (C=O) groups is 2. The molecule has 0 spiro atoms. The van der Waals surface area contributed by atoms with Gasteiger partial charge in [-0.15, -0.1) is 0 Å². The standard InChI is InChI=1S/C22H32N2O3/c1-14(2)17-8-5-9-18(15(3)4)19(17)24-21(26)22(10-11-22)20(25)23-13-16-7-6-12-27-16/h5,8-9,14-16H,6-7,10-13H2,1-4H3,(H,23,25)(H,24,26). The number of anilines is 1. The van der Waals surface area contributed by atoms with E-state index in [0.29, 0.717) is 31.2 Å². The predicted molar refractivity (Wildman–Crippen MR) is 107 cm³/mol. The maximum atomic E-state index is 13.1. The number of carbonyl (C=O) groups excluding carboxylic acids is 2. The van der Waals surface area contributed by atoms with Crippen LogP contribution in [0.5, 0.6) is 0 Å². The summed E-state index contributed by atoms with van der Waals surface area (Å²) in [4.78, 5) is 25.8. The lowest BCUT2D eigenvalue weighted by Gasteiger charge is -2.23. The van der Waals surface area contributed by atoms with Crippen LogP contribution in [0, 0.1) is 5.41 Å². The SMILES string of the molecule is CC(C)c1cccc(C(C)C)c1NC(=O)C1(C(=O)NCC2CCCO2)CC1. The van der Waals surface area contributed by atoms with Crippen LogP contribution in [0.25, 0.3) is 0 Å². The molecule has 1 aliphatic heterocycles. The minimum Gasteiger partial charge on any atom is -0.376 e. The maximum absolute atomic E-state index is 13.1. The van der Waals surface area contributed by atoms with Gasteiger partial charge in [0.15, 0.2) is 0 Å². The van der Waals surface area contributed by atoms with Gasteiger partial charge in [-0.1, -0.05) is 45.9 Å². The molecule has 1 aromatic rings. The zero-order valence-corrected chi connectivity index (χ0v) is 16.9. The highest BCUT2D eigenvalue weighted by Gasteiger charge is 2.56. The van der Waals surface area contributed by atoms with Crippen molar-refractivity contribution in [2.45, 2.75) is 71.3 Å². The molecule has 2 N–H and O–H groups in total. The Balaban J connectivity index is 1.73. The summed E-state index contributed by atoms with van der Waals surface area (Å²) in [6.07, 6.45) is 3.31. The van der Waals surface area contributed by atoms with Crippen molar-refractivity contribution in [3.05, 3.63) is 29.3 Å². The number of amides is 2. The summed E-state index contributed by atoms with van der Waals surface area (Å²) in [6, 6.07) is 6.16. The molecule has 5 nitrogen and oxygen atoms in total. The van der Waals surface area contributed by atoms with Crippen LogP contribution in [-0.2, 0) is 14.3 Å². The van der Waals surface area contributed by atoms with Crippen LogP contribution in [0.15, 0.2) is 18.2 Å². The van der Waals surface area contributed by atoms with Gasteiger partial charge in [0.05, 0.1) is 6.10 Å². The first kappa shape index (κ1) is 19.9. The predicted octanol–water partition coefficient (Wildman–Crippen LogP) is 3.95. The van der Waals surface area contributed by atoms with E-state index in [9.17, 15) is 9.59 Å². The molecule has 2 amide bonds. The second-order valence-electron chi connectivity index (χ2n) is 8.50. The van der Waals surface area contributed by atoms with E-state index in [4.69, 9.17) is 4.74 Å². The minimum atomic E-state index is -0.920. The molecule has 27 heavy (non-hydrogen) atoms. The molecule has 1 saturated heterocycles. The number of para-hydroxylation sites is 1. The largest absolute Gasteiger partial charge is 0.376 e. The normalized spacial score (nSPS) is 20.7. The Morgan fingerprint density at radius 2 is 1.74 bits per heavy atom. The molecule has 1 unspecified atom stereocenters. The molecule has 3 rings (SSSR count). The lowest BCUT2D eigenvalue weighted by atomic mass is 9.92. The highest BCUT2D eigenvalue weighted by atomic mass is 16.5. The van der Waals surface area contributed by atoms with Crippen LogP contribution in [0.4, 0.5) is 5.69 Å². The number of nitrogens with one attached hydrogen (secondary N) is 2. The van der Waals surface area contributed by atoms with Crippen molar-refractivity contribution in [2.75, 3.05) is 18.5 Å². The average molecular weight is 373 g/mol. The lowest BCUT2D eigenvalue weighted by molar-refractivity contribution is -0.134. The van der Waals surface area contributed by atoms with Crippen LogP contribution >= 0.6 is 0 Å². The van der Waals surface area contributed by atoms with E-state index < -0.39 is 5.41 Å². The maximum Gasteiger partial charge on any atom is 0.240 e. The van der Waals surface area contributed by atoms with E-state index in [-0.39, 0.29) is 17.9 Å². The van der Waals surface area contributed by atoms with Crippen molar-refractivity contribution >= 4 is 17.5 Å². The molecule has 1 atom stereocenters. The van der Waals surface area contributed by atoms with Crippen LogP contribution in [0.2, 0.25) is 0 Å². The summed E-state index contributed by atoms with van der Waals surface area (Å²) in [7, 11) is 0. The van der Waals surface area contributed by atoms with Crippen molar-refractivity contribution in [1.82, 2.24) is 5.32 Å². The molecule has 1 saturated carbocycles. The molecule has 2 aliphatic rings. The zero-order chi connectivity index (χ0) is 19.6. The molecule has 148 valence electrons. The third-order valence-electron chi connectivity index (χ3n) is 5.75. The molecule has 5 heteroatoms. The Morgan fingerprint density at radius 3 is 2.22 bits per heavy atom. The van der Waals surface area contributed by atoms with E-state index in [0.717, 1.165) is 36.3 Å². The Hall–Kier alpha value is -1.88. The van der Waals surface area contributed by atoms with Crippen LogP contribution in [0.1, 0.15) is 76.3 Å². The first-order valence-corrected chi connectivity index (χ1v) is 10.2. The second kappa shape index (κ2) is 8.01. The molecule has 0 aromatic heterocycles. The van der Waals surface area contributed by atoms with E-state index in [1.165, 1.54) is 0 Å². The highest BCUT2D eigenvalue weighted by molar-refractivity contribution is 6.13. The second-order valence-corrected chi connectivity index (χ2v) is 8.50. The molecule has 0 radical (unpaired) electrons. The van der Waals surface area contributed by atoms with Crippen molar-refractivity contribution in [2.24, 2.45) is 5.41 Å². The Kier molecular flexibility index (Phi) is 5.89. The van der Waals surface area contributed by atoms with Gasteiger partial charge < -0.3 is 15.4 Å². The van der Waals surface area contributed by atoms with E-state index in [1.54, 1.807) is 0 Å². The average Bonchev–Trinajstić information content (AvgIpc) is 3.29. The summed E-state index contributed by atoms with van der Waals surface area (Å²) in [5.74, 6) is 0.246. The zero-order valence-electron chi connectivity index (χ0n) is 16.9. The quantitative estimate of drug-likeness (QED) is 0.712. The van der Waals surface area contributed by atoms with Gasteiger partial charge in [0, 0.05) is 18.8 Å². The fraction of sp³-hybridized carbons (Fsp3) is 0.636. The molecule has 2 fully saturated rings. The number of hydrogen-bond donors (Lipinski definition) is 2. The van der Waals surface area contributed by atoms with E-state index in [1.807, 2.05) is 6.07 Å². The molecule has 1 aromatic carbocycles. The van der Waals surface area contributed by atoms with Gasteiger partial charge >= 0.3 is 0 Å². The van der Waals surface area contributed by atoms with Crippen LogP contribution < -0.4 is 10.6 Å².